The zero-order valence-corrected chi connectivity index (χ0v) is 16.5. The summed E-state index contributed by atoms with van der Waals surface area (Å²) in [6.07, 6.45) is 9.98. The lowest BCUT2D eigenvalue weighted by Gasteiger charge is -2.44. The third-order valence-corrected chi connectivity index (χ3v) is 6.85. The van der Waals surface area contributed by atoms with Crippen molar-refractivity contribution in [2.75, 3.05) is 19.7 Å². The third-order valence-electron chi connectivity index (χ3n) is 5.63. The van der Waals surface area contributed by atoms with Gasteiger partial charge in [0.25, 0.3) is 5.91 Å². The van der Waals surface area contributed by atoms with Crippen LogP contribution < -0.4 is 0 Å². The quantitative estimate of drug-likeness (QED) is 0.647. The van der Waals surface area contributed by atoms with Crippen LogP contribution in [-0.4, -0.2) is 45.5 Å². The number of ether oxygens (including phenoxy) is 1. The van der Waals surface area contributed by atoms with Crippen LogP contribution in [0.5, 0.6) is 0 Å². The van der Waals surface area contributed by atoms with E-state index in [1.54, 1.807) is 34.8 Å². The molecule has 5 rings (SSSR count). The molecule has 3 aromatic heterocycles. The maximum Gasteiger partial charge on any atom is 0.255 e. The number of carbonyl (C=O) groups is 1. The van der Waals surface area contributed by atoms with E-state index in [2.05, 4.69) is 21.0 Å². The summed E-state index contributed by atoms with van der Waals surface area (Å²) in [5.74, 6) is -0.687. The molecule has 0 radical (unpaired) electrons. The van der Waals surface area contributed by atoms with Gasteiger partial charge in [0.1, 0.15) is 5.82 Å². The van der Waals surface area contributed by atoms with Gasteiger partial charge in [0.15, 0.2) is 0 Å². The van der Waals surface area contributed by atoms with Crippen molar-refractivity contribution in [1.29, 1.82) is 0 Å². The van der Waals surface area contributed by atoms with Crippen molar-refractivity contribution in [3.8, 4) is 10.6 Å². The van der Waals surface area contributed by atoms with Crippen molar-refractivity contribution in [3.05, 3.63) is 64.9 Å². The van der Waals surface area contributed by atoms with Gasteiger partial charge in [-0.1, -0.05) is 0 Å². The summed E-state index contributed by atoms with van der Waals surface area (Å²) < 4.78 is 19.7. The van der Waals surface area contributed by atoms with E-state index in [1.165, 1.54) is 22.7 Å². The summed E-state index contributed by atoms with van der Waals surface area (Å²) >= 11 is 1.75. The second-order valence-corrected chi connectivity index (χ2v) is 8.45. The molecule has 1 amide bonds. The first-order chi connectivity index (χ1) is 14.1. The molecule has 1 fully saturated rings. The Kier molecular flexibility index (Phi) is 4.60. The molecule has 3 aromatic rings. The van der Waals surface area contributed by atoms with E-state index in [0.29, 0.717) is 32.5 Å². The summed E-state index contributed by atoms with van der Waals surface area (Å²) in [4.78, 5) is 29.3. The van der Waals surface area contributed by atoms with E-state index in [1.807, 2.05) is 0 Å². The summed E-state index contributed by atoms with van der Waals surface area (Å²) in [5.41, 5.74) is 2.00. The lowest BCUT2D eigenvalue weighted by Crippen LogP contribution is -2.48. The lowest BCUT2D eigenvalue weighted by molar-refractivity contribution is -0.0926. The second kappa shape index (κ2) is 7.27. The van der Waals surface area contributed by atoms with Gasteiger partial charge in [0.05, 0.1) is 40.7 Å². The van der Waals surface area contributed by atoms with Crippen LogP contribution in [0.4, 0.5) is 4.39 Å². The number of amides is 1. The van der Waals surface area contributed by atoms with Crippen molar-refractivity contribution >= 4 is 17.2 Å². The Balaban J connectivity index is 1.38. The van der Waals surface area contributed by atoms with Crippen LogP contribution in [-0.2, 0) is 16.8 Å². The first-order valence-corrected chi connectivity index (χ1v) is 10.4. The van der Waals surface area contributed by atoms with Crippen molar-refractivity contribution < 1.29 is 13.9 Å². The Labute approximate surface area is 171 Å². The topological polar surface area (TPSA) is 68.2 Å². The van der Waals surface area contributed by atoms with Gasteiger partial charge in [-0.15, -0.1) is 11.3 Å². The summed E-state index contributed by atoms with van der Waals surface area (Å²) in [5, 5.41) is 0. The van der Waals surface area contributed by atoms with E-state index in [9.17, 15) is 9.18 Å². The molecule has 0 unspecified atom stereocenters. The van der Waals surface area contributed by atoms with Gasteiger partial charge >= 0.3 is 0 Å². The average molecular weight is 410 g/mol. The number of aromatic nitrogens is 3. The molecule has 2 aliphatic heterocycles. The highest BCUT2D eigenvalue weighted by Gasteiger charge is 2.43. The van der Waals surface area contributed by atoms with Gasteiger partial charge in [0.2, 0.25) is 0 Å². The Hall–Kier alpha value is -2.71. The van der Waals surface area contributed by atoms with Crippen LogP contribution in [0.3, 0.4) is 0 Å². The van der Waals surface area contributed by atoms with Crippen LogP contribution >= 0.6 is 11.3 Å². The number of fused-ring (bicyclic) bond motifs is 2. The Morgan fingerprint density at radius 3 is 2.76 bits per heavy atom. The predicted octanol–water partition coefficient (Wildman–Crippen LogP) is 3.44. The van der Waals surface area contributed by atoms with Crippen molar-refractivity contribution in [2.24, 2.45) is 0 Å². The minimum absolute atomic E-state index is 0.187. The Morgan fingerprint density at radius 1 is 1.14 bits per heavy atom. The van der Waals surface area contributed by atoms with Gasteiger partial charge < -0.3 is 9.64 Å². The molecular weight excluding hydrogens is 391 g/mol. The highest BCUT2D eigenvalue weighted by Crippen LogP contribution is 2.46. The second-order valence-electron chi connectivity index (χ2n) is 7.31. The fourth-order valence-electron chi connectivity index (χ4n) is 4.17. The maximum absolute atomic E-state index is 13.4. The molecule has 6 nitrogen and oxygen atoms in total. The molecule has 1 saturated heterocycles. The van der Waals surface area contributed by atoms with Gasteiger partial charge in [-0.25, -0.2) is 4.39 Å². The fourth-order valence-corrected chi connectivity index (χ4v) is 5.36. The molecule has 29 heavy (non-hydrogen) atoms. The van der Waals surface area contributed by atoms with Crippen molar-refractivity contribution in [2.45, 2.75) is 24.9 Å². The van der Waals surface area contributed by atoms with Gasteiger partial charge in [0, 0.05) is 43.0 Å². The number of hydrogen-bond acceptors (Lipinski definition) is 6. The zero-order chi connectivity index (χ0) is 19.8. The normalized spacial score (nSPS) is 17.9. The third kappa shape index (κ3) is 3.32. The smallest absolute Gasteiger partial charge is 0.255 e. The number of pyridine rings is 1. The Morgan fingerprint density at radius 2 is 2.00 bits per heavy atom. The van der Waals surface area contributed by atoms with Crippen LogP contribution in [0.25, 0.3) is 10.6 Å². The van der Waals surface area contributed by atoms with Crippen LogP contribution in [0, 0.1) is 5.82 Å². The van der Waals surface area contributed by atoms with E-state index in [4.69, 9.17) is 4.74 Å². The number of nitrogens with zero attached hydrogens (tertiary/aromatic N) is 4. The number of carbonyl (C=O) groups excluding carboxylic acids is 1. The Bertz CT molecular complexity index is 1050. The van der Waals surface area contributed by atoms with Gasteiger partial charge in [-0.2, -0.15) is 0 Å². The number of thiophene rings is 1. The van der Waals surface area contributed by atoms with Crippen molar-refractivity contribution in [3.63, 3.8) is 0 Å². The average Bonchev–Trinajstić information content (AvgIpc) is 3.21. The van der Waals surface area contributed by atoms with Crippen LogP contribution in [0.2, 0.25) is 0 Å². The molecule has 1 spiro atoms. The highest BCUT2D eigenvalue weighted by molar-refractivity contribution is 7.15. The molecule has 2 aliphatic rings. The number of hydrogen-bond donors (Lipinski definition) is 0. The molecule has 0 atom stereocenters. The SMILES string of the molecule is O=C(c1cncc(F)c1)N1CCC2(CC1)OCCc1sc(-c3cnccn3)cc12. The summed E-state index contributed by atoms with van der Waals surface area (Å²) in [6.45, 7) is 1.80. The zero-order valence-electron chi connectivity index (χ0n) is 15.7. The first-order valence-electron chi connectivity index (χ1n) is 9.58. The molecule has 5 heterocycles. The van der Waals surface area contributed by atoms with Gasteiger partial charge in [-0.05, 0) is 30.5 Å². The van der Waals surface area contributed by atoms with Crippen LogP contribution in [0.1, 0.15) is 33.6 Å². The monoisotopic (exact) mass is 410 g/mol. The molecule has 8 heteroatoms. The van der Waals surface area contributed by atoms with E-state index >= 15 is 0 Å². The van der Waals surface area contributed by atoms with E-state index in [0.717, 1.165) is 23.2 Å². The molecular formula is C21H19FN4O2S. The summed E-state index contributed by atoms with van der Waals surface area (Å²) in [7, 11) is 0. The number of piperidine rings is 1. The van der Waals surface area contributed by atoms with Crippen LogP contribution in [0.15, 0.2) is 43.1 Å². The van der Waals surface area contributed by atoms with E-state index in [-0.39, 0.29) is 17.1 Å². The predicted molar refractivity (Wildman–Crippen MR) is 106 cm³/mol. The fraction of sp³-hybridized carbons (Fsp3) is 0.333. The van der Waals surface area contributed by atoms with E-state index < -0.39 is 5.82 Å². The molecule has 0 saturated carbocycles. The largest absolute Gasteiger partial charge is 0.370 e. The summed E-state index contributed by atoms with van der Waals surface area (Å²) in [6, 6.07) is 3.41. The van der Waals surface area contributed by atoms with Gasteiger partial charge in [-0.3, -0.25) is 19.7 Å². The lowest BCUT2D eigenvalue weighted by atomic mass is 9.82. The molecule has 0 N–H and O–H groups in total. The molecule has 0 aliphatic carbocycles. The first kappa shape index (κ1) is 18.3. The molecule has 0 bridgehead atoms. The minimum atomic E-state index is -0.501. The highest BCUT2D eigenvalue weighted by atomic mass is 32.1. The minimum Gasteiger partial charge on any atom is -0.370 e. The maximum atomic E-state index is 13.4. The number of halogens is 1. The standard InChI is InChI=1S/C21H19FN4O2S/c22-15-9-14(11-24-12-15)20(27)26-6-2-21(3-7-26)16-10-19(17-13-23-4-5-25-17)29-18(16)1-8-28-21/h4-5,9-13H,1-3,6-8H2. The number of likely N-dealkylation sites (tertiary alicyclic amines) is 1. The molecule has 148 valence electrons. The molecule has 0 aromatic carbocycles. The van der Waals surface area contributed by atoms with Crippen molar-refractivity contribution in [1.82, 2.24) is 19.9 Å². The number of rotatable bonds is 2.